The number of hydrazone groups is 1. The van der Waals surface area contributed by atoms with Crippen molar-refractivity contribution in [3.63, 3.8) is 0 Å². The highest BCUT2D eigenvalue weighted by Crippen LogP contribution is 2.29. The lowest BCUT2D eigenvalue weighted by molar-refractivity contribution is -0.121. The molecule has 0 aliphatic carbocycles. The Labute approximate surface area is 170 Å². The van der Waals surface area contributed by atoms with Crippen LogP contribution in [0.25, 0.3) is 0 Å². The van der Waals surface area contributed by atoms with Gasteiger partial charge >= 0.3 is 0 Å². The monoisotopic (exact) mass is 390 g/mol. The predicted molar refractivity (Wildman–Crippen MR) is 116 cm³/mol. The Balaban J connectivity index is 2.11. The van der Waals surface area contributed by atoms with E-state index in [0.29, 0.717) is 17.9 Å². The summed E-state index contributed by atoms with van der Waals surface area (Å²) in [7, 11) is 3.18. The highest BCUT2D eigenvalue weighted by molar-refractivity contribution is 5.86. The first-order valence-electron chi connectivity index (χ1n) is 10.8. The van der Waals surface area contributed by atoms with E-state index in [4.69, 9.17) is 9.47 Å². The van der Waals surface area contributed by atoms with Crippen LogP contribution in [0.4, 0.5) is 0 Å². The number of methoxy groups -OCH3 is 2. The van der Waals surface area contributed by atoms with Gasteiger partial charge in [-0.15, -0.1) is 0 Å². The molecule has 1 N–H and O–H groups in total. The molecule has 0 bridgehead atoms. The molecule has 0 aromatic heterocycles. The van der Waals surface area contributed by atoms with Crippen LogP contribution in [0.2, 0.25) is 0 Å². The van der Waals surface area contributed by atoms with Crippen molar-refractivity contribution in [2.75, 3.05) is 14.2 Å². The Kier molecular flexibility index (Phi) is 13.7. The van der Waals surface area contributed by atoms with Crippen molar-refractivity contribution >= 4 is 12.1 Å². The summed E-state index contributed by atoms with van der Waals surface area (Å²) in [6, 6.07) is 5.54. The number of hydrogen-bond donors (Lipinski definition) is 1. The molecule has 0 aliphatic heterocycles. The van der Waals surface area contributed by atoms with E-state index >= 15 is 0 Å². The Bertz CT molecular complexity index is 573. The molecule has 0 fully saturated rings. The first-order valence-corrected chi connectivity index (χ1v) is 10.8. The second-order valence-corrected chi connectivity index (χ2v) is 7.16. The zero-order chi connectivity index (χ0) is 20.5. The predicted octanol–water partition coefficient (Wildman–Crippen LogP) is 5.86. The Morgan fingerprint density at radius 1 is 0.929 bits per heavy atom. The molecule has 1 aromatic carbocycles. The van der Waals surface area contributed by atoms with Crippen LogP contribution in [0, 0.1) is 0 Å². The van der Waals surface area contributed by atoms with Gasteiger partial charge in [0.05, 0.1) is 20.4 Å². The van der Waals surface area contributed by atoms with Gasteiger partial charge in [0.1, 0.15) is 0 Å². The average Bonchev–Trinajstić information content (AvgIpc) is 2.71. The number of amides is 1. The molecule has 0 atom stereocenters. The second kappa shape index (κ2) is 16.0. The number of unbranched alkanes of at least 4 members (excludes halogenated alkanes) is 10. The maximum absolute atomic E-state index is 11.9. The lowest BCUT2D eigenvalue weighted by Gasteiger charge is -2.09. The summed E-state index contributed by atoms with van der Waals surface area (Å²) in [4.78, 5) is 11.9. The number of nitrogens with zero attached hydrogens (tertiary/aromatic N) is 1. The van der Waals surface area contributed by atoms with E-state index < -0.39 is 0 Å². The summed E-state index contributed by atoms with van der Waals surface area (Å²) < 4.78 is 10.6. The third-order valence-corrected chi connectivity index (χ3v) is 4.83. The van der Waals surface area contributed by atoms with Crippen molar-refractivity contribution in [1.82, 2.24) is 5.43 Å². The highest BCUT2D eigenvalue weighted by atomic mass is 16.5. The van der Waals surface area contributed by atoms with Crippen molar-refractivity contribution < 1.29 is 14.3 Å². The standard InChI is InChI=1S/C23H38N2O3/c1-4-5-6-7-8-9-10-11-12-13-14-18-22(26)25-24-19-20-16-15-17-21(27-2)23(20)28-3/h15-17,19H,4-14,18H2,1-3H3,(H,25,26)/b24-19-. The Morgan fingerprint density at radius 3 is 2.11 bits per heavy atom. The van der Waals surface area contributed by atoms with E-state index in [-0.39, 0.29) is 5.91 Å². The summed E-state index contributed by atoms with van der Waals surface area (Å²) >= 11 is 0. The summed E-state index contributed by atoms with van der Waals surface area (Å²) in [6.07, 6.45) is 16.1. The zero-order valence-electron chi connectivity index (χ0n) is 18.0. The number of para-hydroxylation sites is 1. The van der Waals surface area contributed by atoms with Gasteiger partial charge < -0.3 is 9.47 Å². The van der Waals surface area contributed by atoms with Crippen molar-refractivity contribution in [1.29, 1.82) is 0 Å². The first kappa shape index (κ1) is 24.0. The van der Waals surface area contributed by atoms with Gasteiger partial charge in [0, 0.05) is 12.0 Å². The fraction of sp³-hybridized carbons (Fsp3) is 0.652. The Hall–Kier alpha value is -2.04. The number of hydrogen-bond acceptors (Lipinski definition) is 4. The molecule has 1 amide bonds. The van der Waals surface area contributed by atoms with E-state index in [1.165, 1.54) is 57.8 Å². The van der Waals surface area contributed by atoms with Crippen molar-refractivity contribution in [2.24, 2.45) is 5.10 Å². The Morgan fingerprint density at radius 2 is 1.54 bits per heavy atom. The molecule has 0 radical (unpaired) electrons. The van der Waals surface area contributed by atoms with Gasteiger partial charge in [0.15, 0.2) is 11.5 Å². The van der Waals surface area contributed by atoms with Gasteiger partial charge in [-0.3, -0.25) is 4.79 Å². The molecule has 158 valence electrons. The highest BCUT2D eigenvalue weighted by Gasteiger charge is 2.07. The third kappa shape index (κ3) is 10.3. The molecule has 1 rings (SSSR count). The molecular weight excluding hydrogens is 352 g/mol. The minimum atomic E-state index is -0.0472. The minimum Gasteiger partial charge on any atom is -0.493 e. The van der Waals surface area contributed by atoms with Gasteiger partial charge in [0.25, 0.3) is 0 Å². The average molecular weight is 391 g/mol. The third-order valence-electron chi connectivity index (χ3n) is 4.83. The number of rotatable bonds is 16. The van der Waals surface area contributed by atoms with Gasteiger partial charge in [-0.1, -0.05) is 77.2 Å². The first-order chi connectivity index (χ1) is 13.7. The molecule has 1 aromatic rings. The lowest BCUT2D eigenvalue weighted by atomic mass is 10.1. The van der Waals surface area contributed by atoms with Crippen molar-refractivity contribution in [3.8, 4) is 11.5 Å². The van der Waals surface area contributed by atoms with Crippen LogP contribution in [0.5, 0.6) is 11.5 Å². The van der Waals surface area contributed by atoms with Gasteiger partial charge in [-0.05, 0) is 18.6 Å². The number of nitrogens with one attached hydrogen (secondary N) is 1. The summed E-state index contributed by atoms with van der Waals surface area (Å²) in [5.74, 6) is 1.20. The largest absolute Gasteiger partial charge is 0.493 e. The molecule has 0 aliphatic rings. The maximum atomic E-state index is 11.9. The number of carbonyl (C=O) groups is 1. The van der Waals surface area contributed by atoms with Crippen LogP contribution in [0.3, 0.4) is 0 Å². The van der Waals surface area contributed by atoms with Crippen LogP contribution in [0.1, 0.15) is 89.5 Å². The van der Waals surface area contributed by atoms with E-state index in [1.807, 2.05) is 18.2 Å². The molecule has 0 spiro atoms. The van der Waals surface area contributed by atoms with E-state index in [0.717, 1.165) is 18.4 Å². The molecule has 0 saturated carbocycles. The molecular formula is C23H38N2O3. The van der Waals surface area contributed by atoms with Crippen molar-refractivity contribution in [3.05, 3.63) is 23.8 Å². The van der Waals surface area contributed by atoms with E-state index in [2.05, 4.69) is 17.5 Å². The summed E-state index contributed by atoms with van der Waals surface area (Å²) in [5.41, 5.74) is 3.35. The van der Waals surface area contributed by atoms with Crippen LogP contribution >= 0.6 is 0 Å². The maximum Gasteiger partial charge on any atom is 0.240 e. The van der Waals surface area contributed by atoms with Crippen LogP contribution in [0.15, 0.2) is 23.3 Å². The van der Waals surface area contributed by atoms with Crippen LogP contribution < -0.4 is 14.9 Å². The van der Waals surface area contributed by atoms with E-state index in [1.54, 1.807) is 20.4 Å². The lowest BCUT2D eigenvalue weighted by Crippen LogP contribution is -2.17. The zero-order valence-corrected chi connectivity index (χ0v) is 18.0. The fourth-order valence-corrected chi connectivity index (χ4v) is 3.19. The molecule has 0 unspecified atom stereocenters. The van der Waals surface area contributed by atoms with Crippen molar-refractivity contribution in [2.45, 2.75) is 84.0 Å². The van der Waals surface area contributed by atoms with Gasteiger partial charge in [-0.25, -0.2) is 5.43 Å². The molecule has 5 nitrogen and oxygen atoms in total. The fourth-order valence-electron chi connectivity index (χ4n) is 3.19. The number of benzene rings is 1. The quantitative estimate of drug-likeness (QED) is 0.219. The molecule has 0 heterocycles. The van der Waals surface area contributed by atoms with E-state index in [9.17, 15) is 4.79 Å². The van der Waals surface area contributed by atoms with Crippen LogP contribution in [-0.2, 0) is 4.79 Å². The SMILES string of the molecule is CCCCCCCCCCCCCC(=O)N/N=C\c1cccc(OC)c1OC. The topological polar surface area (TPSA) is 59.9 Å². The summed E-state index contributed by atoms with van der Waals surface area (Å²) in [5, 5.41) is 4.04. The second-order valence-electron chi connectivity index (χ2n) is 7.16. The minimum absolute atomic E-state index is 0.0472. The number of ether oxygens (including phenoxy) is 2. The molecule has 5 heteroatoms. The van der Waals surface area contributed by atoms with Gasteiger partial charge in [0.2, 0.25) is 5.91 Å². The normalized spacial score (nSPS) is 11.0. The smallest absolute Gasteiger partial charge is 0.240 e. The molecule has 28 heavy (non-hydrogen) atoms. The number of carbonyl (C=O) groups excluding carboxylic acids is 1. The van der Waals surface area contributed by atoms with Crippen LogP contribution in [-0.4, -0.2) is 26.3 Å². The summed E-state index contributed by atoms with van der Waals surface area (Å²) in [6.45, 7) is 2.25. The molecule has 0 saturated heterocycles. The van der Waals surface area contributed by atoms with Gasteiger partial charge in [-0.2, -0.15) is 5.10 Å².